The van der Waals surface area contributed by atoms with Crippen molar-refractivity contribution in [3.8, 4) is 0 Å². The highest BCUT2D eigenvalue weighted by Crippen LogP contribution is 2.77. The summed E-state index contributed by atoms with van der Waals surface area (Å²) in [7, 11) is -4.01. The first-order valence-corrected chi connectivity index (χ1v) is 29.9. The van der Waals surface area contributed by atoms with Gasteiger partial charge in [0.2, 0.25) is 0 Å². The molecule has 0 radical (unpaired) electrons. The van der Waals surface area contributed by atoms with Gasteiger partial charge in [-0.3, -0.25) is 9.35 Å². The predicted octanol–water partition coefficient (Wildman–Crippen LogP) is -1.40. The van der Waals surface area contributed by atoms with Crippen LogP contribution in [-0.4, -0.2) is 242 Å². The van der Waals surface area contributed by atoms with E-state index < -0.39 is 198 Å². The number of aliphatic hydroxyl groups excluding tert-OH is 10. The fraction of sp³-hybridized carbons (Fsp3) is 0.944. The van der Waals surface area contributed by atoms with E-state index in [2.05, 4.69) is 20.8 Å². The van der Waals surface area contributed by atoms with Crippen LogP contribution in [0.4, 0.5) is 0 Å². The van der Waals surface area contributed by atoms with Crippen LogP contribution in [0.3, 0.4) is 0 Å². The summed E-state index contributed by atoms with van der Waals surface area (Å²) in [5.41, 5.74) is -5.44. The SMILES string of the molecule is CO[C@@H]1[C@@H](O)[C@H](O[C@@H]2[C@@H](O)[C@H](O[C@H]3[C@H](O)[C@@H](O)[C@H](O[C@H]4[C@H](O[C@H]5CC[C@]6(C)C7=CC(O)C89C(=O)O[C@@](C)(CCCC(C)C)[C@@]8(O)CC[C@@]9(C)[C@@H]7CC[C@H]6C5(C)C)OC[C@@H](OS(=O)(=O)O)[C@@H]4O)O[C@@H]3C)O[C@H](CO)[C@H]2O)O[C@H](CO)[C@H]1O. The van der Waals surface area contributed by atoms with Gasteiger partial charge >= 0.3 is 16.4 Å². The number of hydrogen-bond donors (Lipinski definition) is 12. The van der Waals surface area contributed by atoms with Gasteiger partial charge in [-0.2, -0.15) is 8.42 Å². The van der Waals surface area contributed by atoms with E-state index in [-0.39, 0.29) is 11.8 Å². The maximum absolute atomic E-state index is 14.5. The van der Waals surface area contributed by atoms with Crippen LogP contribution in [-0.2, 0) is 66.7 Å². The highest BCUT2D eigenvalue weighted by Gasteiger charge is 2.85. The maximum atomic E-state index is 14.5. The summed E-state index contributed by atoms with van der Waals surface area (Å²) in [6.45, 7) is 13.5. The lowest BCUT2D eigenvalue weighted by Crippen LogP contribution is -2.68. The molecule has 9 aliphatic rings. The maximum Gasteiger partial charge on any atom is 0.397 e. The van der Waals surface area contributed by atoms with E-state index in [0.29, 0.717) is 50.9 Å². The number of methoxy groups -OCH3 is 1. The lowest BCUT2D eigenvalue weighted by molar-refractivity contribution is -0.389. The van der Waals surface area contributed by atoms with Crippen LogP contribution >= 0.6 is 0 Å². The van der Waals surface area contributed by atoms with Crippen molar-refractivity contribution in [1.82, 2.24) is 0 Å². The van der Waals surface area contributed by atoms with Crippen molar-refractivity contribution in [2.45, 2.75) is 253 Å². The van der Waals surface area contributed by atoms with Gasteiger partial charge in [0, 0.05) is 7.11 Å². The molecule has 3 saturated carbocycles. The number of carbonyl (C=O) groups is 1. The van der Waals surface area contributed by atoms with Crippen molar-refractivity contribution < 1.29 is 125 Å². The highest BCUT2D eigenvalue weighted by molar-refractivity contribution is 7.80. The fourth-order valence-corrected chi connectivity index (χ4v) is 16.9. The summed E-state index contributed by atoms with van der Waals surface area (Å²) in [5.74, 6) is -0.430. The number of hydrogen-bond acceptors (Lipinski definition) is 25. The van der Waals surface area contributed by atoms with E-state index in [1.165, 1.54) is 14.0 Å². The summed E-state index contributed by atoms with van der Waals surface area (Å²) in [4.78, 5) is 14.5. The minimum Gasteiger partial charge on any atom is -0.456 e. The van der Waals surface area contributed by atoms with Crippen LogP contribution < -0.4 is 0 Å². The Kier molecular flexibility index (Phi) is 18.2. The highest BCUT2D eigenvalue weighted by atomic mass is 32.3. The Bertz CT molecular complexity index is 2380. The van der Waals surface area contributed by atoms with Gasteiger partial charge < -0.3 is 104 Å². The van der Waals surface area contributed by atoms with Crippen molar-refractivity contribution >= 4 is 16.4 Å². The fourth-order valence-electron chi connectivity index (χ4n) is 16.4. The molecule has 12 N–H and O–H groups in total. The summed E-state index contributed by atoms with van der Waals surface area (Å²) in [6, 6.07) is 0. The van der Waals surface area contributed by atoms with Crippen LogP contribution in [0.1, 0.15) is 113 Å². The molecule has 1 spiro atoms. The van der Waals surface area contributed by atoms with Crippen molar-refractivity contribution in [1.29, 1.82) is 0 Å². The van der Waals surface area contributed by atoms with E-state index >= 15 is 0 Å². The number of cyclic esters (lactones) is 1. The van der Waals surface area contributed by atoms with E-state index in [1.54, 1.807) is 0 Å². The minimum atomic E-state index is -5.19. The van der Waals surface area contributed by atoms with Gasteiger partial charge in [-0.05, 0) is 99.2 Å². The molecule has 5 saturated heterocycles. The van der Waals surface area contributed by atoms with Crippen molar-refractivity contribution in [3.05, 3.63) is 11.6 Å². The van der Waals surface area contributed by atoms with Crippen LogP contribution in [0, 0.1) is 39.4 Å². The summed E-state index contributed by atoms with van der Waals surface area (Å²) in [5, 5.41) is 125. The molecule has 0 aromatic rings. The molecule has 2 unspecified atom stereocenters. The van der Waals surface area contributed by atoms with Gasteiger partial charge in [-0.25, -0.2) is 4.18 Å². The summed E-state index contributed by atoms with van der Waals surface area (Å²) < 4.78 is 97.9. The molecular weight excluding hydrogens is 1100 g/mol. The standard InChI is InChI=1S/C54H88O26S/c1-23(2)11-10-15-52(8)53(66)18-17-51(7)25-12-13-30-49(4,5)32(14-16-50(30,6)26(25)19-31(57)54(51,53)48(65)79-52)75-47-43(35(60)29(22-71-47)80-81(67,68)69)78-44-37(62)36(61)40(24(3)72-44)76-46-39(64)42(34(59)28(21-56)74-46)77-45-38(63)41(70-9)33(58)27(20-55)73-45/h19,23-25,27-47,55-64,66H,10-18,20-22H2,1-9H3,(H,67,68,69)/t24-,25-,27-,28-,29-,30+,31?,32+,33-,34-,35+,36-,37-,38-,39-,40-,41+,42+,43-,44+,45+,46+,47+,50-,51+,52+,53+,54?/m1/s1. The quantitative estimate of drug-likeness (QED) is 0.0345. The third-order valence-corrected chi connectivity index (χ3v) is 21.3. The number of esters is 1. The molecule has 0 bridgehead atoms. The van der Waals surface area contributed by atoms with Gasteiger partial charge in [0.1, 0.15) is 102 Å². The average molecular weight is 1190 g/mol. The first kappa shape index (κ1) is 63.8. The number of aliphatic hydroxyl groups is 11. The van der Waals surface area contributed by atoms with E-state index in [0.717, 1.165) is 18.4 Å². The lowest BCUT2D eigenvalue weighted by Gasteiger charge is -2.64. The van der Waals surface area contributed by atoms with E-state index in [1.807, 2.05) is 33.8 Å². The molecule has 8 fully saturated rings. The molecular formula is C54H88O26S. The molecule has 9 rings (SSSR count). The predicted molar refractivity (Wildman–Crippen MR) is 274 cm³/mol. The second-order valence-corrected chi connectivity index (χ2v) is 27.1. The monoisotopic (exact) mass is 1180 g/mol. The Morgan fingerprint density at radius 1 is 0.704 bits per heavy atom. The topological polar surface area (TPSA) is 396 Å². The van der Waals surface area contributed by atoms with E-state index in [4.69, 9.17) is 51.6 Å². The first-order chi connectivity index (χ1) is 37.8. The zero-order valence-electron chi connectivity index (χ0n) is 47.4. The van der Waals surface area contributed by atoms with Gasteiger partial charge in [0.25, 0.3) is 0 Å². The molecule has 0 aromatic heterocycles. The minimum absolute atomic E-state index is 0.111. The molecule has 81 heavy (non-hydrogen) atoms. The zero-order valence-corrected chi connectivity index (χ0v) is 48.2. The smallest absolute Gasteiger partial charge is 0.397 e. The van der Waals surface area contributed by atoms with Crippen LogP contribution in [0.2, 0.25) is 0 Å². The zero-order chi connectivity index (χ0) is 59.5. The van der Waals surface area contributed by atoms with Crippen LogP contribution in [0.25, 0.3) is 0 Å². The molecule has 28 atom stereocenters. The second-order valence-electron chi connectivity index (χ2n) is 26.0. The Hall–Kier alpha value is -1.72. The molecule has 4 aliphatic carbocycles. The molecule has 26 nitrogen and oxygen atoms in total. The Morgan fingerprint density at radius 2 is 1.30 bits per heavy atom. The Balaban J connectivity index is 0.911. The lowest BCUT2D eigenvalue weighted by atomic mass is 9.40. The van der Waals surface area contributed by atoms with Crippen molar-refractivity contribution in [3.63, 3.8) is 0 Å². The number of fused-ring (bicyclic) bond motifs is 4. The van der Waals surface area contributed by atoms with Crippen LogP contribution in [0.15, 0.2) is 11.6 Å². The average Bonchev–Trinajstić information content (AvgIpc) is 1.90. The normalized spacial score (nSPS) is 51.7. The molecule has 27 heteroatoms. The molecule has 0 aromatic carbocycles. The van der Waals surface area contributed by atoms with Gasteiger partial charge in [0.05, 0.1) is 38.1 Å². The van der Waals surface area contributed by atoms with Crippen LogP contribution in [0.5, 0.6) is 0 Å². The van der Waals surface area contributed by atoms with E-state index in [9.17, 15) is 73.9 Å². The molecule has 5 heterocycles. The van der Waals surface area contributed by atoms with Crippen molar-refractivity contribution in [2.75, 3.05) is 26.9 Å². The molecule has 5 aliphatic heterocycles. The number of rotatable bonds is 17. The summed E-state index contributed by atoms with van der Waals surface area (Å²) >= 11 is 0. The molecule has 466 valence electrons. The third-order valence-electron chi connectivity index (χ3n) is 20.8. The first-order valence-electron chi connectivity index (χ1n) is 28.5. The second kappa shape index (κ2) is 23.1. The Labute approximate surface area is 471 Å². The number of carbonyl (C=O) groups excluding carboxylic acids is 1. The third kappa shape index (κ3) is 10.4. The summed E-state index contributed by atoms with van der Waals surface area (Å²) in [6.07, 6.45) is -27.3. The van der Waals surface area contributed by atoms with Gasteiger partial charge in [0.15, 0.2) is 25.2 Å². The number of ether oxygens (including phenoxy) is 10. The Morgan fingerprint density at radius 3 is 1.90 bits per heavy atom. The molecule has 0 amide bonds. The van der Waals surface area contributed by atoms with Gasteiger partial charge in [-0.15, -0.1) is 0 Å². The van der Waals surface area contributed by atoms with Gasteiger partial charge in [-0.1, -0.05) is 59.6 Å². The largest absolute Gasteiger partial charge is 0.456 e. The van der Waals surface area contributed by atoms with Crippen molar-refractivity contribution in [2.24, 2.45) is 39.4 Å². The number of allylic oxidation sites excluding steroid dienone is 1.